The van der Waals surface area contributed by atoms with E-state index < -0.39 is 0 Å². The van der Waals surface area contributed by atoms with E-state index >= 15 is 0 Å². The fraction of sp³-hybridized carbons (Fsp3) is 0.545. The molecular weight excluding hydrogens is 240 g/mol. The molecule has 0 saturated heterocycles. The van der Waals surface area contributed by atoms with Gasteiger partial charge in [0.2, 0.25) is 5.91 Å². The number of nitrogens with one attached hydrogen (secondary N) is 1. The second-order valence-electron chi connectivity index (χ2n) is 4.31. The first-order valence-corrected chi connectivity index (χ1v) is 5.93. The highest BCUT2D eigenvalue weighted by Gasteiger charge is 2.24. The molecule has 17 heavy (non-hydrogen) atoms. The van der Waals surface area contributed by atoms with Gasteiger partial charge in [-0.25, -0.2) is 9.97 Å². The van der Waals surface area contributed by atoms with Crippen molar-refractivity contribution in [1.82, 2.24) is 15.3 Å². The van der Waals surface area contributed by atoms with Crippen LogP contribution in [0.3, 0.4) is 0 Å². The van der Waals surface area contributed by atoms with Crippen LogP contribution < -0.4 is 10.2 Å². The van der Waals surface area contributed by atoms with Gasteiger partial charge in [-0.2, -0.15) is 0 Å². The first-order valence-electron chi connectivity index (χ1n) is 5.55. The molecule has 0 atom stereocenters. The normalized spacial score (nSPS) is 14.5. The van der Waals surface area contributed by atoms with Crippen LogP contribution in [0.2, 0.25) is 5.15 Å². The third-order valence-electron chi connectivity index (χ3n) is 2.68. The summed E-state index contributed by atoms with van der Waals surface area (Å²) < 4.78 is 0. The molecule has 0 bridgehead atoms. The highest BCUT2D eigenvalue weighted by Crippen LogP contribution is 2.21. The van der Waals surface area contributed by atoms with Gasteiger partial charge in [-0.15, -0.1) is 0 Å². The van der Waals surface area contributed by atoms with Crippen molar-refractivity contribution in [3.63, 3.8) is 0 Å². The van der Waals surface area contributed by atoms with Crippen LogP contribution in [-0.2, 0) is 4.79 Å². The fourth-order valence-corrected chi connectivity index (χ4v) is 1.72. The van der Waals surface area contributed by atoms with Crippen molar-refractivity contribution in [2.45, 2.75) is 25.8 Å². The van der Waals surface area contributed by atoms with Gasteiger partial charge in [0.15, 0.2) is 0 Å². The predicted octanol–water partition coefficient (Wildman–Crippen LogP) is 1.15. The Balaban J connectivity index is 2.00. The molecule has 1 N–H and O–H groups in total. The number of hydrogen-bond acceptors (Lipinski definition) is 4. The number of nitrogens with zero attached hydrogens (tertiary/aromatic N) is 3. The third kappa shape index (κ3) is 3.06. The molecule has 1 heterocycles. The van der Waals surface area contributed by atoms with Gasteiger partial charge in [-0.1, -0.05) is 11.6 Å². The summed E-state index contributed by atoms with van der Waals surface area (Å²) in [5, 5.41) is 3.35. The second-order valence-corrected chi connectivity index (χ2v) is 4.67. The summed E-state index contributed by atoms with van der Waals surface area (Å²) >= 11 is 5.91. The number of anilines is 1. The van der Waals surface area contributed by atoms with Crippen LogP contribution >= 0.6 is 11.6 Å². The Bertz CT molecular complexity index is 433. The number of carbonyl (C=O) groups excluding carboxylic acids is 1. The number of amides is 1. The van der Waals surface area contributed by atoms with Crippen molar-refractivity contribution in [2.75, 3.05) is 18.5 Å². The molecule has 92 valence electrons. The summed E-state index contributed by atoms with van der Waals surface area (Å²) in [7, 11) is 1.82. The van der Waals surface area contributed by atoms with Crippen molar-refractivity contribution in [3.8, 4) is 0 Å². The van der Waals surface area contributed by atoms with E-state index in [4.69, 9.17) is 11.6 Å². The van der Waals surface area contributed by atoms with Crippen LogP contribution in [0.15, 0.2) is 6.33 Å². The van der Waals surface area contributed by atoms with Crippen molar-refractivity contribution >= 4 is 23.3 Å². The predicted molar refractivity (Wildman–Crippen MR) is 66.2 cm³/mol. The maximum atomic E-state index is 11.6. The molecule has 5 nitrogen and oxygen atoms in total. The highest BCUT2D eigenvalue weighted by molar-refractivity contribution is 6.30. The second kappa shape index (κ2) is 4.87. The standard InChI is InChI=1S/C11H15ClN4O/c1-7-10(12)13-6-14-11(7)16(2)5-9(17)15-8-3-4-8/h6,8H,3-5H2,1-2H3,(H,15,17). The summed E-state index contributed by atoms with van der Waals surface area (Å²) in [4.78, 5) is 21.4. The first kappa shape index (κ1) is 12.1. The average molecular weight is 255 g/mol. The summed E-state index contributed by atoms with van der Waals surface area (Å²) in [6.45, 7) is 2.12. The molecule has 1 aliphatic rings. The summed E-state index contributed by atoms with van der Waals surface area (Å²) in [5.74, 6) is 0.708. The molecule has 0 aliphatic heterocycles. The Morgan fingerprint density at radius 2 is 2.29 bits per heavy atom. The number of aromatic nitrogens is 2. The van der Waals surface area contributed by atoms with Crippen LogP contribution in [-0.4, -0.2) is 35.5 Å². The van der Waals surface area contributed by atoms with Gasteiger partial charge in [0.1, 0.15) is 17.3 Å². The van der Waals surface area contributed by atoms with Gasteiger partial charge in [-0.05, 0) is 19.8 Å². The summed E-state index contributed by atoms with van der Waals surface area (Å²) in [5.41, 5.74) is 0.788. The molecule has 1 aromatic rings. The Labute approximate surface area is 105 Å². The van der Waals surface area contributed by atoms with E-state index in [0.29, 0.717) is 17.0 Å². The lowest BCUT2D eigenvalue weighted by Crippen LogP contribution is -2.36. The molecular formula is C11H15ClN4O. The molecule has 1 aliphatic carbocycles. The van der Waals surface area contributed by atoms with Crippen molar-refractivity contribution in [3.05, 3.63) is 17.0 Å². The largest absolute Gasteiger partial charge is 0.352 e. The number of rotatable bonds is 4. The van der Waals surface area contributed by atoms with Crippen LogP contribution in [0.1, 0.15) is 18.4 Å². The lowest BCUT2D eigenvalue weighted by Gasteiger charge is -2.19. The highest BCUT2D eigenvalue weighted by atomic mass is 35.5. The monoisotopic (exact) mass is 254 g/mol. The minimum Gasteiger partial charge on any atom is -0.352 e. The van der Waals surface area contributed by atoms with E-state index in [9.17, 15) is 4.79 Å². The molecule has 1 amide bonds. The zero-order valence-electron chi connectivity index (χ0n) is 9.90. The van der Waals surface area contributed by atoms with Gasteiger partial charge < -0.3 is 10.2 Å². The van der Waals surface area contributed by atoms with E-state index in [-0.39, 0.29) is 12.5 Å². The topological polar surface area (TPSA) is 58.1 Å². The molecule has 6 heteroatoms. The van der Waals surface area contributed by atoms with Gasteiger partial charge in [0.25, 0.3) is 0 Å². The number of likely N-dealkylation sites (N-methyl/N-ethyl adjacent to an activating group) is 1. The number of carbonyl (C=O) groups is 1. The van der Waals surface area contributed by atoms with E-state index in [1.807, 2.05) is 14.0 Å². The van der Waals surface area contributed by atoms with Crippen LogP contribution in [0.5, 0.6) is 0 Å². The van der Waals surface area contributed by atoms with Gasteiger partial charge >= 0.3 is 0 Å². The smallest absolute Gasteiger partial charge is 0.239 e. The Kier molecular flexibility index (Phi) is 3.47. The summed E-state index contributed by atoms with van der Waals surface area (Å²) in [6.07, 6.45) is 3.58. The number of hydrogen-bond donors (Lipinski definition) is 1. The van der Waals surface area contributed by atoms with Crippen LogP contribution in [0.4, 0.5) is 5.82 Å². The van der Waals surface area contributed by atoms with Gasteiger partial charge in [0.05, 0.1) is 6.54 Å². The lowest BCUT2D eigenvalue weighted by molar-refractivity contribution is -0.119. The number of halogens is 1. The average Bonchev–Trinajstić information content (AvgIpc) is 3.05. The quantitative estimate of drug-likeness (QED) is 0.819. The minimum absolute atomic E-state index is 0.0177. The van der Waals surface area contributed by atoms with Crippen molar-refractivity contribution in [2.24, 2.45) is 0 Å². The maximum Gasteiger partial charge on any atom is 0.239 e. The zero-order valence-corrected chi connectivity index (χ0v) is 10.7. The third-order valence-corrected chi connectivity index (χ3v) is 3.06. The maximum absolute atomic E-state index is 11.6. The Morgan fingerprint density at radius 3 is 2.94 bits per heavy atom. The summed E-state index contributed by atoms with van der Waals surface area (Å²) in [6, 6.07) is 0.381. The van der Waals surface area contributed by atoms with Crippen molar-refractivity contribution in [1.29, 1.82) is 0 Å². The molecule has 0 aromatic carbocycles. The Hall–Kier alpha value is -1.36. The SMILES string of the molecule is Cc1c(Cl)ncnc1N(C)CC(=O)NC1CC1. The molecule has 0 radical (unpaired) electrons. The zero-order chi connectivity index (χ0) is 12.4. The van der Waals surface area contributed by atoms with Crippen LogP contribution in [0, 0.1) is 6.92 Å². The molecule has 0 spiro atoms. The van der Waals surface area contributed by atoms with Gasteiger partial charge in [0, 0.05) is 18.7 Å². The van der Waals surface area contributed by atoms with Gasteiger partial charge in [-0.3, -0.25) is 4.79 Å². The fourth-order valence-electron chi connectivity index (χ4n) is 1.60. The molecule has 1 fully saturated rings. The van der Waals surface area contributed by atoms with E-state index in [1.54, 1.807) is 4.90 Å². The minimum atomic E-state index is 0.0177. The van der Waals surface area contributed by atoms with Crippen molar-refractivity contribution < 1.29 is 4.79 Å². The molecule has 1 saturated carbocycles. The van der Waals surface area contributed by atoms with E-state index in [1.165, 1.54) is 6.33 Å². The lowest BCUT2D eigenvalue weighted by atomic mass is 10.3. The molecule has 2 rings (SSSR count). The first-order chi connectivity index (χ1) is 8.08. The molecule has 0 unspecified atom stereocenters. The molecule has 1 aromatic heterocycles. The van der Waals surface area contributed by atoms with E-state index in [2.05, 4.69) is 15.3 Å². The van der Waals surface area contributed by atoms with Crippen LogP contribution in [0.25, 0.3) is 0 Å². The van der Waals surface area contributed by atoms with E-state index in [0.717, 1.165) is 18.4 Å². The Morgan fingerprint density at radius 1 is 1.59 bits per heavy atom.